The fraction of sp³-hybridized carbons (Fsp3) is 0.167. The number of nitrogens with zero attached hydrogens (tertiary/aromatic N) is 1. The fourth-order valence-corrected chi connectivity index (χ4v) is 2.63. The van der Waals surface area contributed by atoms with Crippen LogP contribution in [0.2, 0.25) is 5.02 Å². The standard InChI is InChI=1S/C18H16ClNO3/c1-22-16-6-7-18-17(10-16)13(12-21)11-20(18)8-9-23-15-4-2-14(19)3-5-15/h2-7,10-12H,8-9H2,1H3. The van der Waals surface area contributed by atoms with Gasteiger partial charge in [-0.25, -0.2) is 0 Å². The number of aldehydes is 1. The molecule has 2 aromatic carbocycles. The molecule has 0 spiro atoms. The summed E-state index contributed by atoms with van der Waals surface area (Å²) in [5, 5.41) is 1.56. The van der Waals surface area contributed by atoms with Crippen molar-refractivity contribution >= 4 is 28.8 Å². The summed E-state index contributed by atoms with van der Waals surface area (Å²) in [5.41, 5.74) is 1.62. The first kappa shape index (κ1) is 15.4. The Labute approximate surface area is 139 Å². The third-order valence-electron chi connectivity index (χ3n) is 3.66. The van der Waals surface area contributed by atoms with Crippen molar-refractivity contribution in [2.45, 2.75) is 6.54 Å². The quantitative estimate of drug-likeness (QED) is 0.636. The summed E-state index contributed by atoms with van der Waals surface area (Å²) in [6, 6.07) is 12.9. The predicted octanol–water partition coefficient (Wildman–Crippen LogP) is 4.19. The Morgan fingerprint density at radius 2 is 1.87 bits per heavy atom. The number of ether oxygens (including phenoxy) is 2. The Kier molecular flexibility index (Phi) is 4.53. The van der Waals surface area contributed by atoms with E-state index in [1.165, 1.54) is 0 Å². The Morgan fingerprint density at radius 1 is 1.13 bits per heavy atom. The van der Waals surface area contributed by atoms with Gasteiger partial charge in [-0.15, -0.1) is 0 Å². The van der Waals surface area contributed by atoms with Crippen LogP contribution in [0, 0.1) is 0 Å². The molecule has 0 bridgehead atoms. The van der Waals surface area contributed by atoms with Gasteiger partial charge in [0.1, 0.15) is 18.1 Å². The number of aromatic nitrogens is 1. The molecule has 0 N–H and O–H groups in total. The summed E-state index contributed by atoms with van der Waals surface area (Å²) < 4.78 is 12.9. The lowest BCUT2D eigenvalue weighted by molar-refractivity contribution is 0.112. The number of carbonyl (C=O) groups is 1. The molecule has 0 aliphatic rings. The maximum absolute atomic E-state index is 11.3. The van der Waals surface area contributed by atoms with Gasteiger partial charge in [0.2, 0.25) is 0 Å². The van der Waals surface area contributed by atoms with E-state index in [0.29, 0.717) is 23.7 Å². The van der Waals surface area contributed by atoms with E-state index in [1.807, 2.05) is 41.1 Å². The highest BCUT2D eigenvalue weighted by Crippen LogP contribution is 2.25. The fourth-order valence-electron chi connectivity index (χ4n) is 2.50. The highest BCUT2D eigenvalue weighted by atomic mass is 35.5. The van der Waals surface area contributed by atoms with Gasteiger partial charge >= 0.3 is 0 Å². The first-order valence-corrected chi connectivity index (χ1v) is 7.59. The molecule has 0 radical (unpaired) electrons. The minimum absolute atomic E-state index is 0.496. The monoisotopic (exact) mass is 329 g/mol. The molecule has 0 unspecified atom stereocenters. The predicted molar refractivity (Wildman–Crippen MR) is 90.8 cm³/mol. The van der Waals surface area contributed by atoms with Crippen molar-refractivity contribution in [1.82, 2.24) is 4.57 Å². The molecule has 0 saturated carbocycles. The van der Waals surface area contributed by atoms with Crippen molar-refractivity contribution in [2.24, 2.45) is 0 Å². The number of benzene rings is 2. The molecule has 4 nitrogen and oxygen atoms in total. The van der Waals surface area contributed by atoms with Crippen LogP contribution in [0.15, 0.2) is 48.7 Å². The van der Waals surface area contributed by atoms with E-state index < -0.39 is 0 Å². The smallest absolute Gasteiger partial charge is 0.152 e. The van der Waals surface area contributed by atoms with E-state index in [-0.39, 0.29) is 0 Å². The molecular formula is C18H16ClNO3. The summed E-state index contributed by atoms with van der Waals surface area (Å²) >= 11 is 5.85. The van der Waals surface area contributed by atoms with E-state index in [9.17, 15) is 4.79 Å². The summed E-state index contributed by atoms with van der Waals surface area (Å²) in [4.78, 5) is 11.3. The largest absolute Gasteiger partial charge is 0.497 e. The van der Waals surface area contributed by atoms with Crippen LogP contribution in [-0.2, 0) is 6.54 Å². The van der Waals surface area contributed by atoms with Gasteiger partial charge in [-0.1, -0.05) is 11.6 Å². The minimum Gasteiger partial charge on any atom is -0.497 e. The maximum atomic E-state index is 11.3. The number of hydrogen-bond acceptors (Lipinski definition) is 3. The molecule has 0 atom stereocenters. The number of hydrogen-bond donors (Lipinski definition) is 0. The van der Waals surface area contributed by atoms with Gasteiger partial charge < -0.3 is 14.0 Å². The van der Waals surface area contributed by atoms with Crippen LogP contribution in [0.25, 0.3) is 10.9 Å². The number of methoxy groups -OCH3 is 1. The zero-order valence-electron chi connectivity index (χ0n) is 12.7. The van der Waals surface area contributed by atoms with Crippen molar-refractivity contribution in [1.29, 1.82) is 0 Å². The second kappa shape index (κ2) is 6.75. The van der Waals surface area contributed by atoms with Gasteiger partial charge in [-0.2, -0.15) is 0 Å². The normalized spacial score (nSPS) is 10.7. The van der Waals surface area contributed by atoms with Crippen molar-refractivity contribution < 1.29 is 14.3 Å². The zero-order valence-corrected chi connectivity index (χ0v) is 13.4. The van der Waals surface area contributed by atoms with Crippen molar-refractivity contribution in [3.8, 4) is 11.5 Å². The van der Waals surface area contributed by atoms with Gasteiger partial charge in [-0.05, 0) is 42.5 Å². The minimum atomic E-state index is 0.496. The van der Waals surface area contributed by atoms with E-state index in [0.717, 1.165) is 28.7 Å². The molecule has 0 fully saturated rings. The first-order chi connectivity index (χ1) is 11.2. The molecule has 3 aromatic rings. The summed E-state index contributed by atoms with van der Waals surface area (Å²) in [6.07, 6.45) is 2.70. The van der Waals surface area contributed by atoms with Crippen LogP contribution < -0.4 is 9.47 Å². The summed E-state index contributed by atoms with van der Waals surface area (Å²) in [7, 11) is 1.61. The third kappa shape index (κ3) is 3.32. The SMILES string of the molecule is COc1ccc2c(c1)c(C=O)cn2CCOc1ccc(Cl)cc1. The Balaban J connectivity index is 1.77. The molecule has 0 aliphatic heterocycles. The number of halogens is 1. The van der Waals surface area contributed by atoms with Crippen LogP contribution in [-0.4, -0.2) is 24.6 Å². The van der Waals surface area contributed by atoms with E-state index in [4.69, 9.17) is 21.1 Å². The summed E-state index contributed by atoms with van der Waals surface area (Å²) in [5.74, 6) is 1.50. The van der Waals surface area contributed by atoms with E-state index >= 15 is 0 Å². The molecule has 3 rings (SSSR count). The van der Waals surface area contributed by atoms with Crippen LogP contribution in [0.3, 0.4) is 0 Å². The highest BCUT2D eigenvalue weighted by Gasteiger charge is 2.09. The molecule has 0 amide bonds. The van der Waals surface area contributed by atoms with Crippen molar-refractivity contribution in [3.63, 3.8) is 0 Å². The Hall–Kier alpha value is -2.46. The molecule has 0 saturated heterocycles. The molecule has 0 aliphatic carbocycles. The van der Waals surface area contributed by atoms with Crippen LogP contribution >= 0.6 is 11.6 Å². The topological polar surface area (TPSA) is 40.5 Å². The lowest BCUT2D eigenvalue weighted by atomic mass is 10.2. The van der Waals surface area contributed by atoms with Gasteiger partial charge in [-0.3, -0.25) is 4.79 Å². The Bertz CT molecular complexity index is 824. The van der Waals surface area contributed by atoms with E-state index in [2.05, 4.69) is 0 Å². The average molecular weight is 330 g/mol. The molecular weight excluding hydrogens is 314 g/mol. The number of fused-ring (bicyclic) bond motifs is 1. The lowest BCUT2D eigenvalue weighted by Gasteiger charge is -2.08. The highest BCUT2D eigenvalue weighted by molar-refractivity contribution is 6.30. The molecule has 1 aromatic heterocycles. The number of carbonyl (C=O) groups excluding carboxylic acids is 1. The van der Waals surface area contributed by atoms with Gasteiger partial charge in [0.05, 0.1) is 13.7 Å². The molecule has 23 heavy (non-hydrogen) atoms. The summed E-state index contributed by atoms with van der Waals surface area (Å²) in [6.45, 7) is 1.13. The Morgan fingerprint density at radius 3 is 2.57 bits per heavy atom. The third-order valence-corrected chi connectivity index (χ3v) is 3.91. The molecule has 118 valence electrons. The second-order valence-corrected chi connectivity index (χ2v) is 5.52. The van der Waals surface area contributed by atoms with Crippen molar-refractivity contribution in [3.05, 3.63) is 59.2 Å². The molecule has 5 heteroatoms. The maximum Gasteiger partial charge on any atom is 0.152 e. The number of rotatable bonds is 6. The van der Waals surface area contributed by atoms with Crippen LogP contribution in [0.5, 0.6) is 11.5 Å². The lowest BCUT2D eigenvalue weighted by Crippen LogP contribution is -2.07. The molecule has 1 heterocycles. The van der Waals surface area contributed by atoms with Gasteiger partial charge in [0.15, 0.2) is 6.29 Å². The first-order valence-electron chi connectivity index (χ1n) is 7.21. The van der Waals surface area contributed by atoms with Crippen LogP contribution in [0.4, 0.5) is 0 Å². The van der Waals surface area contributed by atoms with Gasteiger partial charge in [0.25, 0.3) is 0 Å². The van der Waals surface area contributed by atoms with Crippen LogP contribution in [0.1, 0.15) is 10.4 Å². The second-order valence-electron chi connectivity index (χ2n) is 5.08. The zero-order chi connectivity index (χ0) is 16.2. The van der Waals surface area contributed by atoms with Gasteiger partial charge in [0, 0.05) is 27.7 Å². The van der Waals surface area contributed by atoms with E-state index in [1.54, 1.807) is 19.2 Å². The van der Waals surface area contributed by atoms with Crippen molar-refractivity contribution in [2.75, 3.05) is 13.7 Å². The average Bonchev–Trinajstić information content (AvgIpc) is 2.94.